The molecule has 0 radical (unpaired) electrons. The van der Waals surface area contributed by atoms with E-state index in [1.807, 2.05) is 35.8 Å². The second-order valence-electron chi connectivity index (χ2n) is 7.35. The lowest BCUT2D eigenvalue weighted by atomic mass is 10.1. The largest absolute Gasteiger partial charge is 0.296 e. The van der Waals surface area contributed by atoms with E-state index in [4.69, 9.17) is 4.98 Å². The number of hydrogen-bond donors (Lipinski definition) is 1. The second kappa shape index (κ2) is 8.30. The maximum absolute atomic E-state index is 12.6. The summed E-state index contributed by atoms with van der Waals surface area (Å²) in [5.41, 5.74) is 3.65. The third-order valence-corrected chi connectivity index (χ3v) is 6.16. The average molecular weight is 416 g/mol. The molecule has 1 amide bonds. The summed E-state index contributed by atoms with van der Waals surface area (Å²) in [7, 11) is 0. The first kappa shape index (κ1) is 18.8. The SMILES string of the molecule is O=C(Nc1nccs1)c1cccc([C@@H]2CCCN2Cc2cccc3ncccc23)n1. The van der Waals surface area contributed by atoms with Gasteiger partial charge in [-0.25, -0.2) is 9.97 Å². The Bertz CT molecular complexity index is 1170. The molecule has 0 bridgehead atoms. The minimum Gasteiger partial charge on any atom is -0.296 e. The molecule has 4 heterocycles. The fraction of sp³-hybridized carbons (Fsp3) is 0.217. The van der Waals surface area contributed by atoms with Crippen LogP contribution in [0.1, 0.15) is 40.6 Å². The van der Waals surface area contributed by atoms with Crippen LogP contribution in [-0.4, -0.2) is 32.3 Å². The second-order valence-corrected chi connectivity index (χ2v) is 8.25. The van der Waals surface area contributed by atoms with Crippen LogP contribution in [0.15, 0.2) is 66.3 Å². The molecule has 1 saturated heterocycles. The molecule has 1 atom stereocenters. The summed E-state index contributed by atoms with van der Waals surface area (Å²) in [6.45, 7) is 1.85. The third-order valence-electron chi connectivity index (χ3n) is 5.47. The van der Waals surface area contributed by atoms with Crippen molar-refractivity contribution in [3.63, 3.8) is 0 Å². The lowest BCUT2D eigenvalue weighted by Crippen LogP contribution is -2.24. The quantitative estimate of drug-likeness (QED) is 0.513. The van der Waals surface area contributed by atoms with Gasteiger partial charge in [-0.15, -0.1) is 11.3 Å². The van der Waals surface area contributed by atoms with Crippen molar-refractivity contribution in [1.29, 1.82) is 0 Å². The van der Waals surface area contributed by atoms with E-state index in [1.54, 1.807) is 12.3 Å². The Morgan fingerprint density at radius 3 is 2.93 bits per heavy atom. The molecule has 1 aromatic carbocycles. The monoisotopic (exact) mass is 415 g/mol. The molecule has 3 aromatic heterocycles. The highest BCUT2D eigenvalue weighted by atomic mass is 32.1. The minimum atomic E-state index is -0.225. The Balaban J connectivity index is 1.38. The van der Waals surface area contributed by atoms with Crippen LogP contribution in [0.3, 0.4) is 0 Å². The van der Waals surface area contributed by atoms with E-state index in [-0.39, 0.29) is 11.9 Å². The number of anilines is 1. The molecule has 1 fully saturated rings. The average Bonchev–Trinajstić information content (AvgIpc) is 3.46. The van der Waals surface area contributed by atoms with Crippen LogP contribution in [0.5, 0.6) is 0 Å². The Morgan fingerprint density at radius 1 is 1.10 bits per heavy atom. The van der Waals surface area contributed by atoms with Crippen molar-refractivity contribution in [3.05, 3.63) is 83.3 Å². The van der Waals surface area contributed by atoms with Crippen molar-refractivity contribution in [3.8, 4) is 0 Å². The van der Waals surface area contributed by atoms with Crippen LogP contribution in [0.2, 0.25) is 0 Å². The molecule has 1 aliphatic heterocycles. The number of pyridine rings is 2. The van der Waals surface area contributed by atoms with Crippen LogP contribution in [0.25, 0.3) is 10.9 Å². The van der Waals surface area contributed by atoms with Crippen LogP contribution in [-0.2, 0) is 6.54 Å². The number of carbonyl (C=O) groups excluding carboxylic acids is 1. The maximum Gasteiger partial charge on any atom is 0.276 e. The minimum absolute atomic E-state index is 0.199. The predicted octanol–water partition coefficient (Wildman–Crippen LogP) is 4.68. The van der Waals surface area contributed by atoms with Gasteiger partial charge in [0.15, 0.2) is 5.13 Å². The number of benzene rings is 1. The number of carbonyl (C=O) groups is 1. The van der Waals surface area contributed by atoms with Crippen LogP contribution < -0.4 is 5.32 Å². The zero-order valence-corrected chi connectivity index (χ0v) is 17.2. The van der Waals surface area contributed by atoms with Crippen LogP contribution in [0.4, 0.5) is 5.13 Å². The molecule has 1 N–H and O–H groups in total. The van der Waals surface area contributed by atoms with Gasteiger partial charge in [0.2, 0.25) is 0 Å². The van der Waals surface area contributed by atoms with Gasteiger partial charge in [0, 0.05) is 29.7 Å². The molecule has 30 heavy (non-hydrogen) atoms. The maximum atomic E-state index is 12.6. The summed E-state index contributed by atoms with van der Waals surface area (Å²) in [4.78, 5) is 28.3. The van der Waals surface area contributed by atoms with Crippen molar-refractivity contribution < 1.29 is 4.79 Å². The normalized spacial score (nSPS) is 16.7. The predicted molar refractivity (Wildman–Crippen MR) is 118 cm³/mol. The van der Waals surface area contributed by atoms with Crippen molar-refractivity contribution in [2.24, 2.45) is 0 Å². The first-order valence-electron chi connectivity index (χ1n) is 10.0. The molecule has 6 nitrogen and oxygen atoms in total. The molecule has 150 valence electrons. The van der Waals surface area contributed by atoms with E-state index in [9.17, 15) is 4.79 Å². The molecular weight excluding hydrogens is 394 g/mol. The van der Waals surface area contributed by atoms with Gasteiger partial charge in [0.25, 0.3) is 5.91 Å². The number of fused-ring (bicyclic) bond motifs is 1. The zero-order valence-electron chi connectivity index (χ0n) is 16.4. The van der Waals surface area contributed by atoms with Crippen LogP contribution >= 0.6 is 11.3 Å². The number of thiazole rings is 1. The zero-order chi connectivity index (χ0) is 20.3. The van der Waals surface area contributed by atoms with E-state index in [0.29, 0.717) is 10.8 Å². The summed E-state index contributed by atoms with van der Waals surface area (Å²) in [5.74, 6) is -0.225. The van der Waals surface area contributed by atoms with E-state index < -0.39 is 0 Å². The number of nitrogens with one attached hydrogen (secondary N) is 1. The number of nitrogens with zero attached hydrogens (tertiary/aromatic N) is 4. The van der Waals surface area contributed by atoms with Gasteiger partial charge in [0.1, 0.15) is 5.69 Å². The summed E-state index contributed by atoms with van der Waals surface area (Å²) in [6, 6.07) is 16.3. The van der Waals surface area contributed by atoms with Gasteiger partial charge >= 0.3 is 0 Å². The molecule has 0 unspecified atom stereocenters. The summed E-state index contributed by atoms with van der Waals surface area (Å²) < 4.78 is 0. The third kappa shape index (κ3) is 3.81. The van der Waals surface area contributed by atoms with Gasteiger partial charge in [-0.3, -0.25) is 20.0 Å². The van der Waals surface area contributed by atoms with Gasteiger partial charge in [-0.2, -0.15) is 0 Å². The van der Waals surface area contributed by atoms with E-state index in [0.717, 1.165) is 37.1 Å². The highest BCUT2D eigenvalue weighted by molar-refractivity contribution is 7.13. The van der Waals surface area contributed by atoms with E-state index in [1.165, 1.54) is 22.3 Å². The Kier molecular flexibility index (Phi) is 5.21. The van der Waals surface area contributed by atoms with Gasteiger partial charge < -0.3 is 0 Å². The fourth-order valence-corrected chi connectivity index (χ4v) is 4.61. The summed E-state index contributed by atoms with van der Waals surface area (Å²) in [6.07, 6.45) is 5.65. The molecule has 5 rings (SSSR count). The topological polar surface area (TPSA) is 71.0 Å². The van der Waals surface area contributed by atoms with Crippen molar-refractivity contribution in [2.45, 2.75) is 25.4 Å². The van der Waals surface area contributed by atoms with Crippen LogP contribution in [0, 0.1) is 0 Å². The Morgan fingerprint density at radius 2 is 2.03 bits per heavy atom. The van der Waals surface area contributed by atoms with E-state index >= 15 is 0 Å². The van der Waals surface area contributed by atoms with Gasteiger partial charge in [0.05, 0.1) is 17.3 Å². The lowest BCUT2D eigenvalue weighted by Gasteiger charge is -2.25. The number of hydrogen-bond acceptors (Lipinski definition) is 6. The first-order chi connectivity index (χ1) is 14.8. The highest BCUT2D eigenvalue weighted by Gasteiger charge is 2.28. The van der Waals surface area contributed by atoms with Gasteiger partial charge in [-0.05, 0) is 49.2 Å². The van der Waals surface area contributed by atoms with Crippen molar-refractivity contribution in [1.82, 2.24) is 19.9 Å². The fourth-order valence-electron chi connectivity index (χ4n) is 4.08. The van der Waals surface area contributed by atoms with Crippen molar-refractivity contribution >= 4 is 33.3 Å². The smallest absolute Gasteiger partial charge is 0.276 e. The number of rotatable bonds is 5. The lowest BCUT2D eigenvalue weighted by molar-refractivity contribution is 0.102. The Hall–Kier alpha value is -3.16. The molecule has 4 aromatic rings. The Labute approximate surface area is 178 Å². The molecule has 0 aliphatic carbocycles. The number of aromatic nitrogens is 3. The van der Waals surface area contributed by atoms with Gasteiger partial charge in [-0.1, -0.05) is 24.3 Å². The number of amides is 1. The summed E-state index contributed by atoms with van der Waals surface area (Å²) in [5, 5.41) is 6.42. The highest BCUT2D eigenvalue weighted by Crippen LogP contribution is 2.33. The first-order valence-corrected chi connectivity index (χ1v) is 10.9. The molecule has 0 saturated carbocycles. The summed E-state index contributed by atoms with van der Waals surface area (Å²) >= 11 is 1.39. The van der Waals surface area contributed by atoms with E-state index in [2.05, 4.69) is 38.4 Å². The number of likely N-dealkylation sites (tertiary alicyclic amines) is 1. The van der Waals surface area contributed by atoms with Crippen molar-refractivity contribution in [2.75, 3.05) is 11.9 Å². The molecule has 7 heteroatoms. The molecular formula is C23H21N5OS. The standard InChI is InChI=1S/C23H21N5OS/c29-22(27-23-25-12-14-30-23)20-9-2-8-19(26-20)21-10-4-13-28(21)15-16-5-1-7-18-17(16)6-3-11-24-18/h1-3,5-9,11-12,14,21H,4,10,13,15H2,(H,25,27,29)/t21-/m0/s1. The molecule has 0 spiro atoms. The molecule has 1 aliphatic rings.